The van der Waals surface area contributed by atoms with Gasteiger partial charge in [-0.05, 0) is 19.9 Å². The third-order valence-electron chi connectivity index (χ3n) is 4.52. The number of nitrogens with zero attached hydrogens (tertiary/aromatic N) is 2. The monoisotopic (exact) mass is 483 g/mol. The van der Waals surface area contributed by atoms with Crippen LogP contribution in [0.2, 0.25) is 10.0 Å². The van der Waals surface area contributed by atoms with Crippen LogP contribution < -0.4 is 14.8 Å². The van der Waals surface area contributed by atoms with Crippen molar-refractivity contribution in [2.45, 2.75) is 45.8 Å². The zero-order valence-corrected chi connectivity index (χ0v) is 19.7. The number of carbonyl (C=O) groups is 3. The molecule has 0 aliphatic heterocycles. The van der Waals surface area contributed by atoms with Crippen molar-refractivity contribution in [1.82, 2.24) is 15.3 Å². The van der Waals surface area contributed by atoms with Crippen molar-refractivity contribution < 1.29 is 28.6 Å². The van der Waals surface area contributed by atoms with Gasteiger partial charge in [0.2, 0.25) is 5.75 Å². The molecule has 1 amide bonds. The van der Waals surface area contributed by atoms with E-state index in [9.17, 15) is 14.4 Å². The fraction of sp³-hybridized carbons (Fsp3) is 0.381. The van der Waals surface area contributed by atoms with Gasteiger partial charge in [0, 0.05) is 31.3 Å². The van der Waals surface area contributed by atoms with Gasteiger partial charge < -0.3 is 19.5 Å². The SMILES string of the molecule is COc1ccnc(C(=O)N[C@@H](C)C(=O)OC(C)C(C)c2ncc(Cl)cc2Cl)c1OC(C)=O. The molecule has 0 saturated carbocycles. The molecule has 2 heterocycles. The molecule has 2 unspecified atom stereocenters. The molecule has 2 rings (SSSR count). The smallest absolute Gasteiger partial charge is 0.328 e. The van der Waals surface area contributed by atoms with Crippen molar-refractivity contribution in [3.63, 3.8) is 0 Å². The minimum atomic E-state index is -1.02. The molecule has 1 N–H and O–H groups in total. The number of methoxy groups -OCH3 is 1. The summed E-state index contributed by atoms with van der Waals surface area (Å²) in [5, 5.41) is 3.23. The minimum absolute atomic E-state index is 0.144. The van der Waals surface area contributed by atoms with E-state index in [1.54, 1.807) is 19.9 Å². The van der Waals surface area contributed by atoms with Crippen LogP contribution in [0.4, 0.5) is 0 Å². The van der Waals surface area contributed by atoms with E-state index in [-0.39, 0.29) is 23.1 Å². The van der Waals surface area contributed by atoms with Crippen molar-refractivity contribution in [3.05, 3.63) is 46.0 Å². The molecule has 0 fully saturated rings. The molecule has 2 aromatic rings. The molecule has 0 aromatic carbocycles. The zero-order chi connectivity index (χ0) is 24.0. The molecule has 11 heteroatoms. The number of pyridine rings is 2. The summed E-state index contributed by atoms with van der Waals surface area (Å²) in [5.74, 6) is -2.42. The maximum absolute atomic E-state index is 12.7. The molecule has 32 heavy (non-hydrogen) atoms. The van der Waals surface area contributed by atoms with Crippen LogP contribution in [0.15, 0.2) is 24.5 Å². The Labute approximate surface area is 195 Å². The van der Waals surface area contributed by atoms with Gasteiger partial charge in [0.25, 0.3) is 5.91 Å². The average molecular weight is 484 g/mol. The van der Waals surface area contributed by atoms with Crippen LogP contribution in [0.5, 0.6) is 11.5 Å². The summed E-state index contributed by atoms with van der Waals surface area (Å²) in [4.78, 5) is 44.8. The summed E-state index contributed by atoms with van der Waals surface area (Å²) in [6.45, 7) is 6.12. The maximum Gasteiger partial charge on any atom is 0.328 e. The van der Waals surface area contributed by atoms with Gasteiger partial charge >= 0.3 is 11.9 Å². The highest BCUT2D eigenvalue weighted by molar-refractivity contribution is 6.34. The van der Waals surface area contributed by atoms with Gasteiger partial charge in [-0.1, -0.05) is 30.1 Å². The Morgan fingerprint density at radius 1 is 1.12 bits per heavy atom. The Hall–Kier alpha value is -2.91. The number of hydrogen-bond donors (Lipinski definition) is 1. The Kier molecular flexibility index (Phi) is 8.80. The normalized spacial score (nSPS) is 13.5. The summed E-state index contributed by atoms with van der Waals surface area (Å²) in [7, 11) is 1.36. The molecule has 0 aliphatic rings. The van der Waals surface area contributed by atoms with E-state index in [2.05, 4.69) is 15.3 Å². The summed E-state index contributed by atoms with van der Waals surface area (Å²) in [6.07, 6.45) is 2.18. The lowest BCUT2D eigenvalue weighted by Gasteiger charge is -2.23. The predicted molar refractivity (Wildman–Crippen MR) is 117 cm³/mol. The summed E-state index contributed by atoms with van der Waals surface area (Å²) in [6, 6.07) is 1.97. The van der Waals surface area contributed by atoms with Crippen LogP contribution in [0.3, 0.4) is 0 Å². The molecule has 2 aromatic heterocycles. The lowest BCUT2D eigenvalue weighted by molar-refractivity contribution is -0.151. The van der Waals surface area contributed by atoms with Crippen molar-refractivity contribution in [3.8, 4) is 11.5 Å². The first-order valence-electron chi connectivity index (χ1n) is 9.58. The second kappa shape index (κ2) is 11.1. The zero-order valence-electron chi connectivity index (χ0n) is 18.1. The first-order chi connectivity index (χ1) is 15.0. The molecule has 0 radical (unpaired) electrons. The number of hydrogen-bond acceptors (Lipinski definition) is 8. The van der Waals surface area contributed by atoms with Crippen molar-refractivity contribution >= 4 is 41.0 Å². The fourth-order valence-corrected chi connectivity index (χ4v) is 3.24. The van der Waals surface area contributed by atoms with Gasteiger partial charge in [0.15, 0.2) is 11.4 Å². The van der Waals surface area contributed by atoms with Gasteiger partial charge in [0.1, 0.15) is 12.1 Å². The Balaban J connectivity index is 2.09. The summed E-state index contributed by atoms with van der Waals surface area (Å²) < 4.78 is 15.7. The van der Waals surface area contributed by atoms with Gasteiger partial charge in [-0.3, -0.25) is 14.6 Å². The molecule has 172 valence electrons. The number of amides is 1. The van der Waals surface area contributed by atoms with Gasteiger partial charge in [-0.15, -0.1) is 0 Å². The topological polar surface area (TPSA) is 117 Å². The first-order valence-corrected chi connectivity index (χ1v) is 10.3. The molecular formula is C21H23Cl2N3O6. The Morgan fingerprint density at radius 2 is 1.81 bits per heavy atom. The van der Waals surface area contributed by atoms with Crippen molar-refractivity contribution in [1.29, 1.82) is 0 Å². The quantitative estimate of drug-likeness (QED) is 0.566. The second-order valence-electron chi connectivity index (χ2n) is 6.93. The molecule has 0 saturated heterocycles. The number of ether oxygens (including phenoxy) is 3. The van der Waals surface area contributed by atoms with Crippen molar-refractivity contribution in [2.75, 3.05) is 7.11 Å². The number of nitrogens with one attached hydrogen (secondary N) is 1. The standard InChI is InChI=1S/C21H23Cl2N3O6/c1-10(17-15(23)8-14(22)9-25-17)12(3)31-21(29)11(2)26-20(28)18-19(32-13(4)27)16(30-5)6-7-24-18/h6-12H,1-5H3,(H,26,28)/t10?,11-,12?/m0/s1. The van der Waals surface area contributed by atoms with E-state index >= 15 is 0 Å². The molecule has 0 bridgehead atoms. The van der Waals surface area contributed by atoms with Crippen LogP contribution >= 0.6 is 23.2 Å². The van der Waals surface area contributed by atoms with E-state index < -0.39 is 30.0 Å². The lowest BCUT2D eigenvalue weighted by Crippen LogP contribution is -2.41. The number of aromatic nitrogens is 2. The van der Waals surface area contributed by atoms with Gasteiger partial charge in [-0.2, -0.15) is 0 Å². The highest BCUT2D eigenvalue weighted by atomic mass is 35.5. The fourth-order valence-electron chi connectivity index (χ4n) is 2.69. The van der Waals surface area contributed by atoms with E-state index in [4.69, 9.17) is 37.4 Å². The van der Waals surface area contributed by atoms with E-state index in [1.807, 2.05) is 0 Å². The number of esters is 2. The molecule has 0 spiro atoms. The van der Waals surface area contributed by atoms with Gasteiger partial charge in [-0.25, -0.2) is 9.78 Å². The average Bonchev–Trinajstić information content (AvgIpc) is 2.72. The van der Waals surface area contributed by atoms with E-state index in [1.165, 1.54) is 39.4 Å². The van der Waals surface area contributed by atoms with Crippen LogP contribution in [0.1, 0.15) is 49.8 Å². The summed E-state index contributed by atoms with van der Waals surface area (Å²) in [5.41, 5.74) is 0.317. The summed E-state index contributed by atoms with van der Waals surface area (Å²) >= 11 is 12.1. The molecule has 0 aliphatic carbocycles. The molecule has 9 nitrogen and oxygen atoms in total. The largest absolute Gasteiger partial charge is 0.493 e. The number of rotatable bonds is 8. The predicted octanol–water partition coefficient (Wildman–Crippen LogP) is 3.57. The highest BCUT2D eigenvalue weighted by Gasteiger charge is 2.27. The van der Waals surface area contributed by atoms with E-state index in [0.29, 0.717) is 15.7 Å². The lowest BCUT2D eigenvalue weighted by atomic mass is 10.0. The molecular weight excluding hydrogens is 461 g/mol. The Bertz CT molecular complexity index is 1020. The maximum atomic E-state index is 12.7. The Morgan fingerprint density at radius 3 is 2.41 bits per heavy atom. The first kappa shape index (κ1) is 25.4. The minimum Gasteiger partial charge on any atom is -0.493 e. The number of halogens is 2. The van der Waals surface area contributed by atoms with Crippen LogP contribution in [0, 0.1) is 0 Å². The number of carbonyl (C=O) groups excluding carboxylic acids is 3. The third-order valence-corrected chi connectivity index (χ3v) is 5.03. The second-order valence-corrected chi connectivity index (χ2v) is 7.77. The third kappa shape index (κ3) is 6.30. The van der Waals surface area contributed by atoms with Crippen LogP contribution in [0.25, 0.3) is 0 Å². The molecule has 3 atom stereocenters. The van der Waals surface area contributed by atoms with Crippen molar-refractivity contribution in [2.24, 2.45) is 0 Å². The van der Waals surface area contributed by atoms with Crippen LogP contribution in [-0.4, -0.2) is 47.1 Å². The highest BCUT2D eigenvalue weighted by Crippen LogP contribution is 2.30. The van der Waals surface area contributed by atoms with Crippen LogP contribution in [-0.2, 0) is 14.3 Å². The van der Waals surface area contributed by atoms with E-state index in [0.717, 1.165) is 0 Å². The van der Waals surface area contributed by atoms with Gasteiger partial charge in [0.05, 0.1) is 22.8 Å².